The Morgan fingerprint density at radius 2 is 1.85 bits per heavy atom. The van der Waals surface area contributed by atoms with Crippen molar-refractivity contribution in [3.63, 3.8) is 0 Å². The normalized spacial score (nSPS) is 11.3. The number of benzene rings is 1. The minimum atomic E-state index is -3.64. The minimum absolute atomic E-state index is 0.0703. The van der Waals surface area contributed by atoms with E-state index in [1.54, 1.807) is 25.1 Å². The molecular weight excluding hydrogens is 388 g/mol. The molecule has 0 unspecified atom stereocenters. The molecule has 0 aliphatic heterocycles. The Morgan fingerprint density at radius 3 is 2.44 bits per heavy atom. The number of sulfonamides is 1. The van der Waals surface area contributed by atoms with Crippen LogP contribution in [0.2, 0.25) is 0 Å². The summed E-state index contributed by atoms with van der Waals surface area (Å²) in [5, 5.41) is 2.54. The molecule has 9 heteroatoms. The molecule has 0 saturated carbocycles. The predicted molar refractivity (Wildman–Crippen MR) is 105 cm³/mol. The first-order valence-corrected chi connectivity index (χ1v) is 10.6. The first-order valence-electron chi connectivity index (χ1n) is 8.28. The van der Waals surface area contributed by atoms with Crippen LogP contribution in [0.15, 0.2) is 29.2 Å². The van der Waals surface area contributed by atoms with Gasteiger partial charge in [0.15, 0.2) is 6.61 Å². The van der Waals surface area contributed by atoms with Crippen molar-refractivity contribution in [3.05, 3.63) is 45.1 Å². The molecule has 0 aliphatic rings. The van der Waals surface area contributed by atoms with Gasteiger partial charge in [-0.2, -0.15) is 0 Å². The standard InChI is InChI=1S/C18H22N2O5S2/c1-5-14-12(3)8-15(26-14)18(22)25-10-17(21)20-13-7-6-11(2)16(9-13)27(23,24)19-4/h6-9,19H,5,10H2,1-4H3,(H,20,21). The number of nitrogens with one attached hydrogen (secondary N) is 2. The van der Waals surface area contributed by atoms with Crippen molar-refractivity contribution in [1.82, 2.24) is 4.72 Å². The molecule has 2 N–H and O–H groups in total. The second-order valence-corrected chi connectivity index (χ2v) is 8.87. The first-order chi connectivity index (χ1) is 12.7. The van der Waals surface area contributed by atoms with Crippen LogP contribution < -0.4 is 10.0 Å². The van der Waals surface area contributed by atoms with Crippen molar-refractivity contribution in [2.45, 2.75) is 32.1 Å². The van der Waals surface area contributed by atoms with Crippen molar-refractivity contribution >= 4 is 38.9 Å². The van der Waals surface area contributed by atoms with Crippen molar-refractivity contribution < 1.29 is 22.7 Å². The molecule has 0 bridgehead atoms. The number of rotatable bonds is 7. The molecular formula is C18H22N2O5S2. The third-order valence-electron chi connectivity index (χ3n) is 3.91. The number of thiophene rings is 1. The fourth-order valence-corrected chi connectivity index (χ4v) is 4.45. The van der Waals surface area contributed by atoms with E-state index in [0.29, 0.717) is 16.1 Å². The number of aryl methyl sites for hydroxylation is 3. The molecule has 1 aromatic heterocycles. The van der Waals surface area contributed by atoms with Gasteiger partial charge in [0.25, 0.3) is 5.91 Å². The van der Waals surface area contributed by atoms with Crippen molar-refractivity contribution in [2.75, 3.05) is 19.0 Å². The Balaban J connectivity index is 2.01. The summed E-state index contributed by atoms with van der Waals surface area (Å²) in [5.74, 6) is -1.11. The Kier molecular flexibility index (Phi) is 6.74. The largest absolute Gasteiger partial charge is 0.451 e. The zero-order valence-electron chi connectivity index (χ0n) is 15.6. The molecule has 1 aromatic carbocycles. The highest BCUT2D eigenvalue weighted by Gasteiger charge is 2.17. The zero-order valence-corrected chi connectivity index (χ0v) is 17.2. The molecule has 2 aromatic rings. The molecule has 2 rings (SSSR count). The molecule has 0 aliphatic carbocycles. The number of ether oxygens (including phenoxy) is 1. The van der Waals surface area contributed by atoms with E-state index in [9.17, 15) is 18.0 Å². The topological polar surface area (TPSA) is 102 Å². The maximum Gasteiger partial charge on any atom is 0.348 e. The van der Waals surface area contributed by atoms with E-state index in [4.69, 9.17) is 4.74 Å². The van der Waals surface area contributed by atoms with Gasteiger partial charge in [-0.1, -0.05) is 13.0 Å². The van der Waals surface area contributed by atoms with Gasteiger partial charge in [-0.15, -0.1) is 11.3 Å². The zero-order chi connectivity index (χ0) is 20.2. The molecule has 1 amide bonds. The maximum absolute atomic E-state index is 12.1. The third-order valence-corrected chi connectivity index (χ3v) is 6.83. The van der Waals surface area contributed by atoms with Crippen molar-refractivity contribution in [2.24, 2.45) is 0 Å². The van der Waals surface area contributed by atoms with Crippen LogP contribution in [0.1, 0.15) is 32.6 Å². The van der Waals surface area contributed by atoms with Gasteiger partial charge in [0.1, 0.15) is 4.88 Å². The van der Waals surface area contributed by atoms with E-state index in [0.717, 1.165) is 16.9 Å². The van der Waals surface area contributed by atoms with Gasteiger partial charge in [0.05, 0.1) is 4.90 Å². The van der Waals surface area contributed by atoms with Gasteiger partial charge in [-0.3, -0.25) is 4.79 Å². The molecule has 0 saturated heterocycles. The highest BCUT2D eigenvalue weighted by atomic mass is 32.2. The number of esters is 1. The number of carbonyl (C=O) groups is 2. The van der Waals surface area contributed by atoms with E-state index in [1.807, 2.05) is 13.8 Å². The lowest BCUT2D eigenvalue weighted by molar-refractivity contribution is -0.119. The summed E-state index contributed by atoms with van der Waals surface area (Å²) in [6, 6.07) is 6.28. The summed E-state index contributed by atoms with van der Waals surface area (Å²) in [5.41, 5.74) is 1.88. The summed E-state index contributed by atoms with van der Waals surface area (Å²) in [6.45, 7) is 5.13. The molecule has 146 valence electrons. The van der Waals surface area contributed by atoms with Crippen LogP contribution in [0, 0.1) is 13.8 Å². The van der Waals surface area contributed by atoms with Gasteiger partial charge in [-0.05, 0) is 56.6 Å². The number of amides is 1. The van der Waals surface area contributed by atoms with Gasteiger partial charge in [0.2, 0.25) is 10.0 Å². The fourth-order valence-electron chi connectivity index (χ4n) is 2.45. The van der Waals surface area contributed by atoms with Crippen LogP contribution in [-0.2, 0) is 26.0 Å². The molecule has 0 fully saturated rings. The molecule has 7 nitrogen and oxygen atoms in total. The van der Waals surface area contributed by atoms with Crippen LogP contribution in [0.4, 0.5) is 5.69 Å². The third kappa shape index (κ3) is 5.15. The Morgan fingerprint density at radius 1 is 1.15 bits per heavy atom. The number of hydrogen-bond acceptors (Lipinski definition) is 6. The average Bonchev–Trinajstić information content (AvgIpc) is 3.02. The number of anilines is 1. The summed E-state index contributed by atoms with van der Waals surface area (Å²) in [4.78, 5) is 25.7. The summed E-state index contributed by atoms with van der Waals surface area (Å²) in [7, 11) is -2.32. The van der Waals surface area contributed by atoms with Crippen LogP contribution in [0.25, 0.3) is 0 Å². The predicted octanol–water partition coefficient (Wildman–Crippen LogP) is 2.63. The van der Waals surface area contributed by atoms with Crippen molar-refractivity contribution in [3.8, 4) is 0 Å². The summed E-state index contributed by atoms with van der Waals surface area (Å²) in [6.07, 6.45) is 0.829. The molecule has 0 spiro atoms. The second-order valence-electron chi connectivity index (χ2n) is 5.88. The van der Waals surface area contributed by atoms with Crippen LogP contribution in [0.3, 0.4) is 0 Å². The van der Waals surface area contributed by atoms with Gasteiger partial charge in [0, 0.05) is 10.6 Å². The molecule has 0 atom stereocenters. The van der Waals surface area contributed by atoms with Crippen LogP contribution >= 0.6 is 11.3 Å². The van der Waals surface area contributed by atoms with E-state index >= 15 is 0 Å². The summed E-state index contributed by atoms with van der Waals surface area (Å²) >= 11 is 1.35. The Labute approximate surface area is 162 Å². The van der Waals surface area contributed by atoms with Gasteiger partial charge in [-0.25, -0.2) is 17.9 Å². The Bertz CT molecular complexity index is 964. The van der Waals surface area contributed by atoms with Gasteiger partial charge >= 0.3 is 5.97 Å². The monoisotopic (exact) mass is 410 g/mol. The fraction of sp³-hybridized carbons (Fsp3) is 0.333. The van der Waals surface area contributed by atoms with E-state index in [1.165, 1.54) is 24.5 Å². The number of carbonyl (C=O) groups excluding carboxylic acids is 2. The average molecular weight is 411 g/mol. The molecule has 0 radical (unpaired) electrons. The smallest absolute Gasteiger partial charge is 0.348 e. The van der Waals surface area contributed by atoms with E-state index in [-0.39, 0.29) is 4.90 Å². The summed E-state index contributed by atoms with van der Waals surface area (Å²) < 4.78 is 31.3. The lowest BCUT2D eigenvalue weighted by Crippen LogP contribution is -2.22. The van der Waals surface area contributed by atoms with E-state index in [2.05, 4.69) is 10.0 Å². The Hall–Kier alpha value is -2.23. The lowest BCUT2D eigenvalue weighted by Gasteiger charge is -2.10. The van der Waals surface area contributed by atoms with Crippen LogP contribution in [0.5, 0.6) is 0 Å². The maximum atomic E-state index is 12.1. The number of hydrogen-bond donors (Lipinski definition) is 2. The second kappa shape index (κ2) is 8.64. The quantitative estimate of drug-likeness (QED) is 0.683. The highest BCUT2D eigenvalue weighted by molar-refractivity contribution is 7.89. The highest BCUT2D eigenvalue weighted by Crippen LogP contribution is 2.23. The first kappa shape index (κ1) is 21.1. The molecule has 1 heterocycles. The molecule has 27 heavy (non-hydrogen) atoms. The lowest BCUT2D eigenvalue weighted by atomic mass is 10.2. The van der Waals surface area contributed by atoms with E-state index < -0.39 is 28.5 Å². The van der Waals surface area contributed by atoms with Gasteiger partial charge < -0.3 is 10.1 Å². The van der Waals surface area contributed by atoms with Crippen molar-refractivity contribution in [1.29, 1.82) is 0 Å². The minimum Gasteiger partial charge on any atom is -0.451 e. The van der Waals surface area contributed by atoms with Crippen LogP contribution in [-0.4, -0.2) is 33.9 Å². The SMILES string of the molecule is CCc1sc(C(=O)OCC(=O)Nc2ccc(C)c(S(=O)(=O)NC)c2)cc1C.